The van der Waals surface area contributed by atoms with E-state index in [0.29, 0.717) is 30.2 Å². The Hall–Kier alpha value is -0.560. The van der Waals surface area contributed by atoms with Crippen LogP contribution in [0.5, 0.6) is 0 Å². The number of piperidine rings is 2. The van der Waals surface area contributed by atoms with Crippen LogP contribution in [0, 0.1) is 0 Å². The van der Waals surface area contributed by atoms with E-state index in [1.165, 1.54) is 129 Å². The predicted octanol–water partition coefficient (Wildman–Crippen LogP) is -0.314. The summed E-state index contributed by atoms with van der Waals surface area (Å²) in [6.45, 7) is 15.0. The zero-order valence-electron chi connectivity index (χ0n) is 34.8. The number of hydrogen-bond donors (Lipinski definition) is 14. The van der Waals surface area contributed by atoms with Gasteiger partial charge < -0.3 is 77.4 Å². The minimum Gasteiger partial charge on any atom is -0.330 e. The smallest absolute Gasteiger partial charge is 0.0190 e. The molecule has 6 aliphatic rings. The molecular formula is C39H94N14. The second kappa shape index (κ2) is 39.7. The van der Waals surface area contributed by atoms with Crippen LogP contribution in [0.15, 0.2) is 0 Å². The van der Waals surface area contributed by atoms with Crippen LogP contribution < -0.4 is 77.4 Å². The zero-order valence-corrected chi connectivity index (χ0v) is 34.8. The van der Waals surface area contributed by atoms with Gasteiger partial charge in [0, 0.05) is 68.5 Å². The lowest BCUT2D eigenvalue weighted by atomic mass is 10.1. The summed E-state index contributed by atoms with van der Waals surface area (Å²) in [6.07, 6.45) is 21.8. The van der Waals surface area contributed by atoms with Crippen molar-refractivity contribution >= 4 is 0 Å². The van der Waals surface area contributed by atoms with Crippen LogP contribution in [0.2, 0.25) is 0 Å². The van der Waals surface area contributed by atoms with Crippen LogP contribution in [-0.4, -0.2) is 134 Å². The molecule has 0 spiro atoms. The van der Waals surface area contributed by atoms with Crippen molar-refractivity contribution in [3.05, 3.63) is 0 Å². The van der Waals surface area contributed by atoms with Gasteiger partial charge in [-0.2, -0.15) is 0 Å². The quantitative estimate of drug-likeness (QED) is 0.129. The van der Waals surface area contributed by atoms with E-state index in [0.717, 1.165) is 77.2 Å². The van der Waals surface area contributed by atoms with E-state index < -0.39 is 0 Å². The van der Waals surface area contributed by atoms with Crippen LogP contribution in [0.1, 0.15) is 116 Å². The van der Waals surface area contributed by atoms with E-state index >= 15 is 0 Å². The molecule has 0 unspecified atom stereocenters. The van der Waals surface area contributed by atoms with Crippen molar-refractivity contribution in [2.45, 2.75) is 158 Å². The van der Waals surface area contributed by atoms with Crippen molar-refractivity contribution < 1.29 is 0 Å². The van der Waals surface area contributed by atoms with E-state index in [2.05, 4.69) is 37.2 Å². The Morgan fingerprint density at radius 1 is 0.453 bits per heavy atom. The Morgan fingerprint density at radius 3 is 0.906 bits per heavy atom. The highest BCUT2D eigenvalue weighted by Gasteiger charge is 2.13. The third-order valence-electron chi connectivity index (χ3n) is 10.5. The van der Waals surface area contributed by atoms with Crippen LogP contribution in [0.3, 0.4) is 0 Å². The summed E-state index contributed by atoms with van der Waals surface area (Å²) in [5.74, 6) is 0. The van der Waals surface area contributed by atoms with Gasteiger partial charge in [-0.05, 0) is 169 Å². The molecule has 14 nitrogen and oxygen atoms in total. The molecule has 6 aliphatic heterocycles. The Bertz CT molecular complexity index is 634. The van der Waals surface area contributed by atoms with E-state index in [4.69, 9.17) is 40.1 Å². The van der Waals surface area contributed by atoms with Crippen molar-refractivity contribution in [3.8, 4) is 0 Å². The average molecular weight is 759 g/mol. The molecule has 0 amide bonds. The summed E-state index contributed by atoms with van der Waals surface area (Å²) in [7, 11) is 1.93. The molecular weight excluding hydrogens is 665 g/mol. The molecule has 0 aromatic heterocycles. The summed E-state index contributed by atoms with van der Waals surface area (Å²) in [5.41, 5.74) is 37.8. The molecule has 6 rings (SSSR count). The maximum absolute atomic E-state index is 5.44. The molecule has 14 heteroatoms. The Kier molecular flexibility index (Phi) is 39.2. The Balaban J connectivity index is 0.000000596. The highest BCUT2D eigenvalue weighted by atomic mass is 15.0. The summed E-state index contributed by atoms with van der Waals surface area (Å²) in [6, 6.07) is 4.29. The van der Waals surface area contributed by atoms with Gasteiger partial charge in [-0.25, -0.2) is 0 Å². The van der Waals surface area contributed by atoms with Crippen LogP contribution >= 0.6 is 0 Å². The van der Waals surface area contributed by atoms with Gasteiger partial charge in [-0.1, -0.05) is 12.8 Å². The van der Waals surface area contributed by atoms with Gasteiger partial charge in [-0.15, -0.1) is 0 Å². The second-order valence-corrected chi connectivity index (χ2v) is 15.4. The molecule has 6 fully saturated rings. The summed E-state index contributed by atoms with van der Waals surface area (Å²) in [4.78, 5) is 0. The lowest BCUT2D eigenvalue weighted by Crippen LogP contribution is -2.39. The fourth-order valence-electron chi connectivity index (χ4n) is 6.95. The third-order valence-corrected chi connectivity index (χ3v) is 10.5. The maximum Gasteiger partial charge on any atom is 0.0190 e. The van der Waals surface area contributed by atoms with Gasteiger partial charge in [0.2, 0.25) is 0 Å². The van der Waals surface area contributed by atoms with Gasteiger partial charge in [-0.3, -0.25) is 0 Å². The van der Waals surface area contributed by atoms with E-state index in [1.54, 1.807) is 0 Å². The molecule has 0 aliphatic carbocycles. The van der Waals surface area contributed by atoms with Gasteiger partial charge >= 0.3 is 0 Å². The van der Waals surface area contributed by atoms with Crippen molar-refractivity contribution in [1.82, 2.24) is 37.2 Å². The van der Waals surface area contributed by atoms with Crippen LogP contribution in [0.4, 0.5) is 0 Å². The fraction of sp³-hybridized carbons (Fsp3) is 1.00. The van der Waals surface area contributed by atoms with Crippen molar-refractivity contribution in [2.75, 3.05) is 92.1 Å². The molecule has 0 radical (unpaired) electrons. The molecule has 53 heavy (non-hydrogen) atoms. The maximum atomic E-state index is 5.44. The SMILES string of the molecule is CNCC[C@@H](C)N.NCC[C@@H]1CCCN1.NCC[C@H]1CCCN1.NC[C@@H]1CCCCN1.NC[C@@H]1CCCN1.NC[C@H]1CCCCN1.NC[C@H]1CCCN1. The zero-order chi connectivity index (χ0) is 39.2. The van der Waals surface area contributed by atoms with Gasteiger partial charge in [0.25, 0.3) is 0 Å². The number of nitrogens with one attached hydrogen (secondary N) is 7. The highest BCUT2D eigenvalue weighted by Crippen LogP contribution is 2.08. The number of rotatable bonds is 11. The first-order valence-electron chi connectivity index (χ1n) is 21.9. The number of hydrogen-bond acceptors (Lipinski definition) is 14. The predicted molar refractivity (Wildman–Crippen MR) is 231 cm³/mol. The first kappa shape index (κ1) is 52.4. The fourth-order valence-corrected chi connectivity index (χ4v) is 6.95. The summed E-state index contributed by atoms with van der Waals surface area (Å²) in [5, 5.41) is 23.0. The first-order chi connectivity index (χ1) is 25.9. The molecule has 0 aromatic carbocycles. The van der Waals surface area contributed by atoms with Crippen molar-refractivity contribution in [2.24, 2.45) is 40.1 Å². The Morgan fingerprint density at radius 2 is 0.736 bits per heavy atom. The molecule has 0 saturated carbocycles. The molecule has 21 N–H and O–H groups in total. The summed E-state index contributed by atoms with van der Waals surface area (Å²) >= 11 is 0. The molecule has 320 valence electrons. The van der Waals surface area contributed by atoms with E-state index in [9.17, 15) is 0 Å². The van der Waals surface area contributed by atoms with Crippen molar-refractivity contribution in [1.29, 1.82) is 0 Å². The minimum atomic E-state index is 0.340. The number of nitrogens with two attached hydrogens (primary N) is 7. The standard InChI is InChI=1S/4C6H14N2.2C5H12N2.C5H14N2/c2*7-4-3-6-2-1-5-8-6;2*7-5-6-3-1-2-4-8-6;2*6-4-5-2-1-3-7-5;1-5(6)3-4-7-2/h4*6,8H,1-5,7H2;2*5,7H,1-4,6H2;5,7H,3-4,6H2,1-2H3/t4*6-;3*5-/m1010101/s1. The second-order valence-electron chi connectivity index (χ2n) is 15.4. The monoisotopic (exact) mass is 759 g/mol. The molecule has 7 atom stereocenters. The van der Waals surface area contributed by atoms with Crippen molar-refractivity contribution in [3.63, 3.8) is 0 Å². The highest BCUT2D eigenvalue weighted by molar-refractivity contribution is 4.76. The average Bonchev–Trinajstić information content (AvgIpc) is 4.06. The molecule has 6 heterocycles. The van der Waals surface area contributed by atoms with Crippen LogP contribution in [-0.2, 0) is 0 Å². The lowest BCUT2D eigenvalue weighted by Gasteiger charge is -2.21. The molecule has 0 aromatic rings. The largest absolute Gasteiger partial charge is 0.330 e. The van der Waals surface area contributed by atoms with E-state index in [-0.39, 0.29) is 0 Å². The van der Waals surface area contributed by atoms with Gasteiger partial charge in [0.15, 0.2) is 0 Å². The van der Waals surface area contributed by atoms with E-state index in [1.807, 2.05) is 14.0 Å². The minimum absolute atomic E-state index is 0.340. The van der Waals surface area contributed by atoms with Crippen LogP contribution in [0.25, 0.3) is 0 Å². The van der Waals surface area contributed by atoms with Gasteiger partial charge in [0.05, 0.1) is 0 Å². The topological polar surface area (TPSA) is 266 Å². The third kappa shape index (κ3) is 33.3. The lowest BCUT2D eigenvalue weighted by molar-refractivity contribution is 0.407. The normalized spacial score (nSPS) is 28.0. The Labute approximate surface area is 327 Å². The summed E-state index contributed by atoms with van der Waals surface area (Å²) < 4.78 is 0. The van der Waals surface area contributed by atoms with Gasteiger partial charge in [0.1, 0.15) is 0 Å². The molecule has 0 bridgehead atoms. The first-order valence-corrected chi connectivity index (χ1v) is 21.9. The molecule has 6 saturated heterocycles.